The molecule has 0 aromatic rings. The summed E-state index contributed by atoms with van der Waals surface area (Å²) in [5.74, 6) is -1.20. The van der Waals surface area contributed by atoms with Gasteiger partial charge in [0.25, 0.3) is 0 Å². The maximum absolute atomic E-state index is 10.1. The Labute approximate surface area is 164 Å². The van der Waals surface area contributed by atoms with E-state index in [-0.39, 0.29) is 6.54 Å². The Hall–Kier alpha value is -1.01. The molecular weight excluding hydrogens is 382 g/mol. The van der Waals surface area contributed by atoms with Crippen LogP contribution in [0.1, 0.15) is 12.8 Å². The number of carboxylic acid groups (broad SMARTS) is 3. The highest BCUT2D eigenvalue weighted by Gasteiger charge is 2.09. The first-order chi connectivity index (χ1) is 11.8. The minimum absolute atomic E-state index is 0.0694. The molecule has 2 unspecified atom stereocenters. The number of quaternary nitrogens is 1. The molecule has 0 bridgehead atoms. The van der Waals surface area contributed by atoms with Crippen LogP contribution in [-0.4, -0.2) is 96.4 Å². The summed E-state index contributed by atoms with van der Waals surface area (Å²) >= 11 is 3.21. The molecule has 0 saturated carbocycles. The van der Waals surface area contributed by atoms with E-state index in [1.165, 1.54) is 0 Å². The number of thioether (sulfide) groups is 2. The molecule has 0 radical (unpaired) electrons. The van der Waals surface area contributed by atoms with Gasteiger partial charge in [0.15, 0.2) is 0 Å². The zero-order valence-electron chi connectivity index (χ0n) is 16.1. The third-order valence-electron chi connectivity index (χ3n) is 2.50. The molecule has 0 heterocycles. The van der Waals surface area contributed by atoms with Gasteiger partial charge in [-0.25, -0.2) is 0 Å². The van der Waals surface area contributed by atoms with Crippen LogP contribution in [0.25, 0.3) is 0 Å². The first kappa shape index (κ1) is 29.7. The molecule has 0 rings (SSSR count). The molecule has 0 aliphatic rings. The predicted octanol–water partition coefficient (Wildman–Crippen LogP) is -1.25. The molecule has 0 spiro atoms. The lowest BCUT2D eigenvalue weighted by atomic mass is 10.2. The molecule has 0 aromatic carbocycles. The van der Waals surface area contributed by atoms with Gasteiger partial charge in [-0.15, -0.1) is 0 Å². The van der Waals surface area contributed by atoms with Crippen LogP contribution in [0.3, 0.4) is 0 Å². The highest BCUT2D eigenvalue weighted by Crippen LogP contribution is 1.98. The van der Waals surface area contributed by atoms with Crippen LogP contribution in [0.5, 0.6) is 0 Å². The van der Waals surface area contributed by atoms with Gasteiger partial charge < -0.3 is 36.1 Å². The molecule has 156 valence electrons. The number of hydrogen-bond acceptors (Lipinski definition) is 8. The van der Waals surface area contributed by atoms with Crippen molar-refractivity contribution in [3.63, 3.8) is 0 Å². The molecule has 0 saturated heterocycles. The molecule has 0 amide bonds. The van der Waals surface area contributed by atoms with Gasteiger partial charge in [-0.2, -0.15) is 23.5 Å². The summed E-state index contributed by atoms with van der Waals surface area (Å²) in [6.45, 7) is 0.0694. The van der Waals surface area contributed by atoms with Crippen LogP contribution in [-0.2, 0) is 14.4 Å². The van der Waals surface area contributed by atoms with Gasteiger partial charge in [-0.05, 0) is 36.9 Å². The Bertz CT molecular complexity index is 381. The number of carbonyl (C=O) groups is 3. The summed E-state index contributed by atoms with van der Waals surface area (Å²) in [5, 5.41) is 26.4. The van der Waals surface area contributed by atoms with E-state index in [0.29, 0.717) is 17.3 Å². The van der Waals surface area contributed by atoms with E-state index in [4.69, 9.17) is 21.7 Å². The quantitative estimate of drug-likeness (QED) is 0.316. The molecule has 0 fully saturated rings. The minimum Gasteiger partial charge on any atom is -0.544 e. The molecule has 2 atom stereocenters. The molecule has 11 heteroatoms. The van der Waals surface area contributed by atoms with Crippen molar-refractivity contribution in [3.8, 4) is 0 Å². The Morgan fingerprint density at radius 2 is 1.23 bits per heavy atom. The van der Waals surface area contributed by atoms with E-state index in [1.807, 2.05) is 12.5 Å². The number of likely N-dealkylation sites (N-methyl/N-ethyl adjacent to an activating group) is 1. The summed E-state index contributed by atoms with van der Waals surface area (Å²) in [5.41, 5.74) is 10.4. The van der Waals surface area contributed by atoms with Crippen molar-refractivity contribution >= 4 is 41.4 Å². The van der Waals surface area contributed by atoms with E-state index in [0.717, 1.165) is 11.5 Å². The maximum Gasteiger partial charge on any atom is 0.320 e. The average Bonchev–Trinajstić information content (AvgIpc) is 2.48. The summed E-state index contributed by atoms with van der Waals surface area (Å²) in [7, 11) is 5.40. The zero-order chi connectivity index (χ0) is 21.3. The number of hydrogen-bond donors (Lipinski definition) is 4. The second-order valence-electron chi connectivity index (χ2n) is 6.27. The van der Waals surface area contributed by atoms with Crippen LogP contribution in [0.2, 0.25) is 0 Å². The van der Waals surface area contributed by atoms with Gasteiger partial charge in [0.2, 0.25) is 0 Å². The third kappa shape index (κ3) is 27.8. The smallest absolute Gasteiger partial charge is 0.320 e. The lowest BCUT2D eigenvalue weighted by Crippen LogP contribution is -2.45. The molecule has 6 N–H and O–H groups in total. The normalized spacial score (nSPS) is 12.6. The number of nitrogens with two attached hydrogens (primary N) is 2. The van der Waals surface area contributed by atoms with E-state index in [2.05, 4.69) is 0 Å². The third-order valence-corrected chi connectivity index (χ3v) is 3.79. The molecule has 0 aliphatic heterocycles. The van der Waals surface area contributed by atoms with Gasteiger partial charge in [-0.3, -0.25) is 9.59 Å². The first-order valence-electron chi connectivity index (χ1n) is 7.73. The number of rotatable bonds is 10. The van der Waals surface area contributed by atoms with E-state index in [9.17, 15) is 19.5 Å². The Balaban J connectivity index is -0.000000306. The van der Waals surface area contributed by atoms with Gasteiger partial charge >= 0.3 is 11.9 Å². The predicted molar refractivity (Wildman–Crippen MR) is 105 cm³/mol. The minimum atomic E-state index is -1.00. The number of aliphatic carboxylic acids is 3. The van der Waals surface area contributed by atoms with Crippen molar-refractivity contribution in [2.45, 2.75) is 24.9 Å². The highest BCUT2D eigenvalue weighted by atomic mass is 32.2. The Kier molecular flexibility index (Phi) is 19.9. The number of carbonyl (C=O) groups excluding carboxylic acids is 1. The van der Waals surface area contributed by atoms with Crippen molar-refractivity contribution < 1.29 is 34.2 Å². The van der Waals surface area contributed by atoms with Crippen molar-refractivity contribution in [1.82, 2.24) is 0 Å². The average molecular weight is 416 g/mol. The first-order valence-corrected chi connectivity index (χ1v) is 10.5. The monoisotopic (exact) mass is 415 g/mol. The van der Waals surface area contributed by atoms with Crippen LogP contribution in [0, 0.1) is 0 Å². The van der Waals surface area contributed by atoms with Crippen LogP contribution >= 0.6 is 23.5 Å². The summed E-state index contributed by atoms with van der Waals surface area (Å²) in [6.07, 6.45) is 4.95. The Morgan fingerprint density at radius 1 is 0.923 bits per heavy atom. The van der Waals surface area contributed by atoms with Crippen LogP contribution < -0.4 is 16.6 Å². The molecule has 0 aromatic heterocycles. The summed E-state index contributed by atoms with van der Waals surface area (Å²) in [4.78, 5) is 30.0. The van der Waals surface area contributed by atoms with Gasteiger partial charge in [-0.1, -0.05) is 0 Å². The van der Waals surface area contributed by atoms with Crippen molar-refractivity contribution in [2.75, 3.05) is 51.7 Å². The topological polar surface area (TPSA) is 167 Å². The maximum atomic E-state index is 10.1. The molecule has 0 aliphatic carbocycles. The van der Waals surface area contributed by atoms with Crippen molar-refractivity contribution in [2.24, 2.45) is 11.5 Å². The van der Waals surface area contributed by atoms with Crippen molar-refractivity contribution in [3.05, 3.63) is 0 Å². The second kappa shape index (κ2) is 17.4. The second-order valence-corrected chi connectivity index (χ2v) is 8.24. The van der Waals surface area contributed by atoms with Gasteiger partial charge in [0.1, 0.15) is 18.6 Å². The fourth-order valence-corrected chi connectivity index (χ4v) is 2.10. The van der Waals surface area contributed by atoms with Crippen LogP contribution in [0.15, 0.2) is 0 Å². The highest BCUT2D eigenvalue weighted by molar-refractivity contribution is 7.98. The lowest BCUT2D eigenvalue weighted by molar-refractivity contribution is -0.864. The fraction of sp³-hybridized carbons (Fsp3) is 0.800. The standard InChI is InChI=1S/2C5H11NO2S.C5H11NO2/c2*1-9-3-2-4(6)5(7)8;1-6(2,3)4-5(7)8/h2*4H,2-3,6H2,1H3,(H,7,8);4H2,1-3H3. The SMILES string of the molecule is CSCCC(N)C(=O)O.CSCCC(N)C(=O)O.C[N+](C)(C)CC(=O)[O-]. The van der Waals surface area contributed by atoms with E-state index in [1.54, 1.807) is 44.7 Å². The zero-order valence-corrected chi connectivity index (χ0v) is 17.8. The summed E-state index contributed by atoms with van der Waals surface area (Å²) < 4.78 is 0.419. The molecular formula is C15H33N3O6S2. The largest absolute Gasteiger partial charge is 0.544 e. The van der Waals surface area contributed by atoms with E-state index < -0.39 is 30.0 Å². The molecule has 26 heavy (non-hydrogen) atoms. The molecule has 9 nitrogen and oxygen atoms in total. The number of carboxylic acids is 3. The fourth-order valence-electron chi connectivity index (χ4n) is 1.12. The number of nitrogens with zero attached hydrogens (tertiary/aromatic N) is 1. The summed E-state index contributed by atoms with van der Waals surface area (Å²) in [6, 6.07) is -1.37. The van der Waals surface area contributed by atoms with Gasteiger partial charge in [0, 0.05) is 0 Å². The Morgan fingerprint density at radius 3 is 1.35 bits per heavy atom. The van der Waals surface area contributed by atoms with Gasteiger partial charge in [0.05, 0.1) is 27.1 Å². The van der Waals surface area contributed by atoms with Crippen LogP contribution in [0.4, 0.5) is 0 Å². The van der Waals surface area contributed by atoms with E-state index >= 15 is 0 Å². The lowest BCUT2D eigenvalue weighted by Gasteiger charge is -2.23. The van der Waals surface area contributed by atoms with Crippen molar-refractivity contribution in [1.29, 1.82) is 0 Å².